The second kappa shape index (κ2) is 7.95. The molecule has 0 bridgehead atoms. The van der Waals surface area contributed by atoms with Crippen molar-refractivity contribution in [1.82, 2.24) is 0 Å². The van der Waals surface area contributed by atoms with E-state index in [9.17, 15) is 0 Å². The van der Waals surface area contributed by atoms with Crippen molar-refractivity contribution < 1.29 is 5.11 Å². The molecule has 0 aromatic heterocycles. The van der Waals surface area contributed by atoms with Gasteiger partial charge < -0.3 is 10.8 Å². The van der Waals surface area contributed by atoms with Crippen molar-refractivity contribution in [2.45, 2.75) is 19.4 Å². The van der Waals surface area contributed by atoms with Gasteiger partial charge in [0.1, 0.15) is 0 Å². The smallest absolute Gasteiger partial charge is 0.0585 e. The highest BCUT2D eigenvalue weighted by Crippen LogP contribution is 1.86. The Kier molecular flexibility index (Phi) is 10.3. The van der Waals surface area contributed by atoms with Crippen molar-refractivity contribution in [1.29, 1.82) is 0 Å². The maximum atomic E-state index is 8.40. The molecule has 1 unspecified atom stereocenters. The molecule has 0 aliphatic rings. The maximum Gasteiger partial charge on any atom is 0.0585 e. The molecule has 0 amide bonds. The Bertz CT molecular complexity index is 75.5. The summed E-state index contributed by atoms with van der Waals surface area (Å²) in [4.78, 5) is 0. The predicted molar refractivity (Wildman–Crippen MR) is 41.7 cm³/mol. The lowest BCUT2D eigenvalue weighted by Gasteiger charge is -2.00. The Labute approximate surface area is 62.2 Å². The minimum Gasteiger partial charge on any atom is -0.395 e. The summed E-state index contributed by atoms with van der Waals surface area (Å²) in [6, 6.07) is -0.0776. The van der Waals surface area contributed by atoms with E-state index in [0.29, 0.717) is 0 Å². The van der Waals surface area contributed by atoms with Gasteiger partial charge in [-0.25, -0.2) is 0 Å². The van der Waals surface area contributed by atoms with E-state index in [-0.39, 0.29) is 25.1 Å². The van der Waals surface area contributed by atoms with Crippen molar-refractivity contribution in [3.05, 3.63) is 12.2 Å². The highest BCUT2D eigenvalue weighted by molar-refractivity contribution is 5.85. The van der Waals surface area contributed by atoms with Gasteiger partial charge in [-0.05, 0) is 13.3 Å². The monoisotopic (exact) mass is 151 g/mol. The molecule has 0 radical (unpaired) electrons. The second-order valence-electron chi connectivity index (χ2n) is 1.75. The number of halogens is 1. The van der Waals surface area contributed by atoms with Gasteiger partial charge in [-0.3, -0.25) is 0 Å². The predicted octanol–water partition coefficient (Wildman–Crippen LogP) is 0.694. The number of rotatable bonds is 3. The summed E-state index contributed by atoms with van der Waals surface area (Å²) in [6.07, 6.45) is 4.64. The normalized spacial score (nSPS) is 13.2. The largest absolute Gasteiger partial charge is 0.395 e. The van der Waals surface area contributed by atoms with E-state index in [0.717, 1.165) is 6.42 Å². The zero-order chi connectivity index (χ0) is 6.41. The average molecular weight is 152 g/mol. The summed E-state index contributed by atoms with van der Waals surface area (Å²) >= 11 is 0. The summed E-state index contributed by atoms with van der Waals surface area (Å²) in [5.74, 6) is 0. The zero-order valence-electron chi connectivity index (χ0n) is 5.58. The molecular weight excluding hydrogens is 138 g/mol. The Morgan fingerprint density at radius 2 is 2.22 bits per heavy atom. The second-order valence-corrected chi connectivity index (χ2v) is 1.75. The molecule has 1 atom stereocenters. The Morgan fingerprint density at radius 3 is 2.56 bits per heavy atom. The van der Waals surface area contributed by atoms with Crippen LogP contribution in [0.4, 0.5) is 0 Å². The SMILES string of the molecule is CC=CCC(N)CO.Cl. The molecule has 0 heterocycles. The van der Waals surface area contributed by atoms with Crippen molar-refractivity contribution in [3.63, 3.8) is 0 Å². The highest BCUT2D eigenvalue weighted by atomic mass is 35.5. The quantitative estimate of drug-likeness (QED) is 0.584. The fourth-order valence-corrected chi connectivity index (χ4v) is 0.385. The van der Waals surface area contributed by atoms with E-state index in [2.05, 4.69) is 0 Å². The first-order valence-corrected chi connectivity index (χ1v) is 2.78. The Morgan fingerprint density at radius 1 is 1.67 bits per heavy atom. The van der Waals surface area contributed by atoms with Crippen LogP contribution in [0.2, 0.25) is 0 Å². The van der Waals surface area contributed by atoms with Crippen molar-refractivity contribution in [2.24, 2.45) is 5.73 Å². The van der Waals surface area contributed by atoms with E-state index in [1.54, 1.807) is 0 Å². The van der Waals surface area contributed by atoms with Gasteiger partial charge in [-0.15, -0.1) is 12.4 Å². The van der Waals surface area contributed by atoms with Crippen LogP contribution in [0.3, 0.4) is 0 Å². The summed E-state index contributed by atoms with van der Waals surface area (Å²) in [5, 5.41) is 8.40. The molecule has 2 nitrogen and oxygen atoms in total. The summed E-state index contributed by atoms with van der Waals surface area (Å²) in [5.41, 5.74) is 5.36. The van der Waals surface area contributed by atoms with Gasteiger partial charge in [0.15, 0.2) is 0 Å². The van der Waals surface area contributed by atoms with Crippen molar-refractivity contribution in [2.75, 3.05) is 6.61 Å². The first kappa shape index (κ1) is 11.7. The fraction of sp³-hybridized carbons (Fsp3) is 0.667. The van der Waals surface area contributed by atoms with Crippen LogP contribution < -0.4 is 5.73 Å². The standard InChI is InChI=1S/C6H13NO.ClH/c1-2-3-4-6(7)5-8;/h2-3,6,8H,4-5,7H2,1H3;1H. The third kappa shape index (κ3) is 7.95. The molecule has 0 aliphatic carbocycles. The number of aliphatic hydroxyl groups excluding tert-OH is 1. The van der Waals surface area contributed by atoms with Crippen LogP contribution in [0, 0.1) is 0 Å². The minimum atomic E-state index is -0.0776. The third-order valence-electron chi connectivity index (χ3n) is 0.909. The molecule has 0 spiro atoms. The molecule has 0 aliphatic heterocycles. The van der Waals surface area contributed by atoms with Crippen LogP contribution in [0.1, 0.15) is 13.3 Å². The van der Waals surface area contributed by atoms with Gasteiger partial charge in [0.05, 0.1) is 6.61 Å². The Hall–Kier alpha value is -0.0500. The van der Waals surface area contributed by atoms with Crippen LogP contribution in [0.25, 0.3) is 0 Å². The topological polar surface area (TPSA) is 46.2 Å². The van der Waals surface area contributed by atoms with Gasteiger partial charge in [0, 0.05) is 6.04 Å². The molecule has 0 aromatic rings. The molecule has 0 saturated heterocycles. The van der Waals surface area contributed by atoms with Crippen LogP contribution in [-0.4, -0.2) is 17.8 Å². The average Bonchev–Trinajstić information content (AvgIpc) is 1.83. The van der Waals surface area contributed by atoms with Gasteiger partial charge in [-0.1, -0.05) is 12.2 Å². The maximum absolute atomic E-state index is 8.40. The lowest BCUT2D eigenvalue weighted by molar-refractivity contribution is 0.266. The molecule has 0 rings (SSSR count). The molecule has 56 valence electrons. The van der Waals surface area contributed by atoms with E-state index < -0.39 is 0 Å². The molecule has 3 N–H and O–H groups in total. The zero-order valence-corrected chi connectivity index (χ0v) is 6.40. The van der Waals surface area contributed by atoms with Gasteiger partial charge >= 0.3 is 0 Å². The third-order valence-corrected chi connectivity index (χ3v) is 0.909. The van der Waals surface area contributed by atoms with E-state index >= 15 is 0 Å². The first-order chi connectivity index (χ1) is 3.81. The van der Waals surface area contributed by atoms with Crippen LogP contribution in [0.5, 0.6) is 0 Å². The van der Waals surface area contributed by atoms with Gasteiger partial charge in [0.2, 0.25) is 0 Å². The van der Waals surface area contributed by atoms with Crippen molar-refractivity contribution in [3.8, 4) is 0 Å². The van der Waals surface area contributed by atoms with E-state index in [1.807, 2.05) is 19.1 Å². The first-order valence-electron chi connectivity index (χ1n) is 2.78. The summed E-state index contributed by atoms with van der Waals surface area (Å²) < 4.78 is 0. The molecular formula is C6H14ClNO. The number of hydrogen-bond acceptors (Lipinski definition) is 2. The number of nitrogens with two attached hydrogens (primary N) is 1. The molecule has 0 fully saturated rings. The minimum absolute atomic E-state index is 0. The molecule has 3 heteroatoms. The molecule has 0 saturated carbocycles. The van der Waals surface area contributed by atoms with E-state index in [1.165, 1.54) is 0 Å². The summed E-state index contributed by atoms with van der Waals surface area (Å²) in [6.45, 7) is 2.01. The van der Waals surface area contributed by atoms with Gasteiger partial charge in [-0.2, -0.15) is 0 Å². The number of aliphatic hydroxyl groups is 1. The highest BCUT2D eigenvalue weighted by Gasteiger charge is 1.92. The van der Waals surface area contributed by atoms with Crippen LogP contribution >= 0.6 is 12.4 Å². The van der Waals surface area contributed by atoms with E-state index in [4.69, 9.17) is 10.8 Å². The lowest BCUT2D eigenvalue weighted by Crippen LogP contribution is -2.22. The summed E-state index contributed by atoms with van der Waals surface area (Å²) in [7, 11) is 0. The van der Waals surface area contributed by atoms with Crippen molar-refractivity contribution >= 4 is 12.4 Å². The molecule has 0 aromatic carbocycles. The number of allylic oxidation sites excluding steroid dienone is 1. The Balaban J connectivity index is 0. The van der Waals surface area contributed by atoms with Crippen LogP contribution in [-0.2, 0) is 0 Å². The molecule has 9 heavy (non-hydrogen) atoms. The fourth-order valence-electron chi connectivity index (χ4n) is 0.385. The lowest BCUT2D eigenvalue weighted by atomic mass is 10.2. The van der Waals surface area contributed by atoms with Crippen LogP contribution in [0.15, 0.2) is 12.2 Å². The van der Waals surface area contributed by atoms with Gasteiger partial charge in [0.25, 0.3) is 0 Å². The number of hydrogen-bond donors (Lipinski definition) is 2.